The summed E-state index contributed by atoms with van der Waals surface area (Å²) in [4.78, 5) is 0. The molecule has 0 aromatic carbocycles. The van der Waals surface area contributed by atoms with E-state index in [1.54, 1.807) is 0 Å². The first kappa shape index (κ1) is 12.9. The van der Waals surface area contributed by atoms with Crippen LogP contribution in [0.1, 0.15) is 27.2 Å². The van der Waals surface area contributed by atoms with Crippen LogP contribution in [0.5, 0.6) is 0 Å². The minimum atomic E-state index is 0.301. The van der Waals surface area contributed by atoms with Crippen LogP contribution in [-0.4, -0.2) is 39.0 Å². The molecule has 0 bridgehead atoms. The maximum Gasteiger partial charge on any atom is 0.0703 e. The topological polar surface area (TPSA) is 30.5 Å². The number of nitrogens with one attached hydrogen (secondary N) is 1. The van der Waals surface area contributed by atoms with Gasteiger partial charge in [0, 0.05) is 6.04 Å². The van der Waals surface area contributed by atoms with Crippen molar-refractivity contribution < 1.29 is 9.47 Å². The molecule has 0 aliphatic carbocycles. The van der Waals surface area contributed by atoms with Crippen molar-refractivity contribution in [3.05, 3.63) is 0 Å². The Kier molecular flexibility index (Phi) is 8.40. The van der Waals surface area contributed by atoms with Gasteiger partial charge in [0.2, 0.25) is 0 Å². The van der Waals surface area contributed by atoms with Gasteiger partial charge in [-0.15, -0.1) is 0 Å². The molecule has 0 aliphatic rings. The van der Waals surface area contributed by atoms with Crippen molar-refractivity contribution in [3.8, 4) is 0 Å². The van der Waals surface area contributed by atoms with E-state index in [1.165, 1.54) is 0 Å². The second kappa shape index (κ2) is 8.48. The molecule has 0 rings (SSSR count). The number of likely N-dealkylation sites (N-methyl/N-ethyl adjacent to an activating group) is 1. The average Bonchev–Trinajstić information content (AvgIpc) is 2.11. The molecule has 1 unspecified atom stereocenters. The SMILES string of the molecule is CCC(COCCOC(C)C)NC. The largest absolute Gasteiger partial charge is 0.377 e. The first-order valence-corrected chi connectivity index (χ1v) is 5.07. The minimum Gasteiger partial charge on any atom is -0.377 e. The molecule has 0 radical (unpaired) electrons. The summed E-state index contributed by atoms with van der Waals surface area (Å²) in [6, 6.07) is 0.471. The molecule has 3 heteroatoms. The lowest BCUT2D eigenvalue weighted by atomic mass is 10.2. The van der Waals surface area contributed by atoms with Crippen molar-refractivity contribution in [1.29, 1.82) is 0 Å². The van der Waals surface area contributed by atoms with E-state index in [1.807, 2.05) is 20.9 Å². The van der Waals surface area contributed by atoms with Crippen molar-refractivity contribution in [2.24, 2.45) is 0 Å². The summed E-state index contributed by atoms with van der Waals surface area (Å²) in [5, 5.41) is 3.19. The highest BCUT2D eigenvalue weighted by atomic mass is 16.5. The molecule has 0 aromatic rings. The standard InChI is InChI=1S/C10H23NO2/c1-5-10(11-4)8-12-6-7-13-9(2)3/h9-11H,5-8H2,1-4H3. The summed E-state index contributed by atoms with van der Waals surface area (Å²) >= 11 is 0. The quantitative estimate of drug-likeness (QED) is 0.586. The van der Waals surface area contributed by atoms with E-state index in [2.05, 4.69) is 12.2 Å². The van der Waals surface area contributed by atoms with Gasteiger partial charge in [-0.3, -0.25) is 0 Å². The zero-order valence-electron chi connectivity index (χ0n) is 9.30. The second-order valence-electron chi connectivity index (χ2n) is 3.39. The predicted molar refractivity (Wildman–Crippen MR) is 55.0 cm³/mol. The van der Waals surface area contributed by atoms with Crippen molar-refractivity contribution in [3.63, 3.8) is 0 Å². The van der Waals surface area contributed by atoms with Crippen molar-refractivity contribution in [2.75, 3.05) is 26.9 Å². The number of ether oxygens (including phenoxy) is 2. The van der Waals surface area contributed by atoms with E-state index >= 15 is 0 Å². The van der Waals surface area contributed by atoms with E-state index in [0.717, 1.165) is 13.0 Å². The summed E-state index contributed by atoms with van der Waals surface area (Å²) < 4.78 is 10.8. The molecular weight excluding hydrogens is 166 g/mol. The van der Waals surface area contributed by atoms with Crippen LogP contribution in [-0.2, 0) is 9.47 Å². The lowest BCUT2D eigenvalue weighted by Gasteiger charge is -2.14. The average molecular weight is 189 g/mol. The number of hydrogen-bond donors (Lipinski definition) is 1. The van der Waals surface area contributed by atoms with Gasteiger partial charge in [0.1, 0.15) is 0 Å². The lowest BCUT2D eigenvalue weighted by Crippen LogP contribution is -2.30. The fourth-order valence-corrected chi connectivity index (χ4v) is 0.974. The van der Waals surface area contributed by atoms with Gasteiger partial charge >= 0.3 is 0 Å². The second-order valence-corrected chi connectivity index (χ2v) is 3.39. The molecule has 0 aromatic heterocycles. The Morgan fingerprint density at radius 1 is 1.23 bits per heavy atom. The van der Waals surface area contributed by atoms with Crippen LogP contribution in [0.25, 0.3) is 0 Å². The van der Waals surface area contributed by atoms with Crippen LogP contribution in [0.4, 0.5) is 0 Å². The third-order valence-electron chi connectivity index (χ3n) is 1.90. The molecular formula is C10H23NO2. The Morgan fingerprint density at radius 3 is 2.38 bits per heavy atom. The highest BCUT2D eigenvalue weighted by Gasteiger charge is 2.01. The third kappa shape index (κ3) is 8.22. The number of rotatable bonds is 8. The zero-order valence-corrected chi connectivity index (χ0v) is 9.30. The fourth-order valence-electron chi connectivity index (χ4n) is 0.974. The Morgan fingerprint density at radius 2 is 1.92 bits per heavy atom. The molecule has 0 saturated carbocycles. The highest BCUT2D eigenvalue weighted by Crippen LogP contribution is 1.92. The van der Waals surface area contributed by atoms with Crippen LogP contribution in [0, 0.1) is 0 Å². The molecule has 0 spiro atoms. The molecule has 3 nitrogen and oxygen atoms in total. The third-order valence-corrected chi connectivity index (χ3v) is 1.90. The summed E-state index contributed by atoms with van der Waals surface area (Å²) in [6.07, 6.45) is 1.40. The molecule has 0 aliphatic heterocycles. The van der Waals surface area contributed by atoms with Crippen molar-refractivity contribution in [1.82, 2.24) is 5.32 Å². The maximum absolute atomic E-state index is 5.44. The maximum atomic E-state index is 5.44. The van der Waals surface area contributed by atoms with Gasteiger partial charge in [-0.2, -0.15) is 0 Å². The summed E-state index contributed by atoms with van der Waals surface area (Å²) in [6.45, 7) is 8.36. The molecule has 0 amide bonds. The first-order valence-electron chi connectivity index (χ1n) is 5.07. The Hall–Kier alpha value is -0.120. The fraction of sp³-hybridized carbons (Fsp3) is 1.00. The van der Waals surface area contributed by atoms with E-state index < -0.39 is 0 Å². The molecule has 1 N–H and O–H groups in total. The zero-order chi connectivity index (χ0) is 10.1. The van der Waals surface area contributed by atoms with E-state index in [4.69, 9.17) is 9.47 Å². The Bertz CT molecular complexity index is 103. The molecule has 0 saturated heterocycles. The van der Waals surface area contributed by atoms with Gasteiger partial charge in [-0.05, 0) is 27.3 Å². The van der Waals surface area contributed by atoms with Crippen LogP contribution in [0.3, 0.4) is 0 Å². The predicted octanol–water partition coefficient (Wildman–Crippen LogP) is 1.43. The van der Waals surface area contributed by atoms with Gasteiger partial charge in [0.05, 0.1) is 25.9 Å². The normalized spacial score (nSPS) is 13.6. The van der Waals surface area contributed by atoms with Crippen LogP contribution in [0.15, 0.2) is 0 Å². The van der Waals surface area contributed by atoms with Crippen molar-refractivity contribution in [2.45, 2.75) is 39.3 Å². The first-order chi connectivity index (χ1) is 6.20. The van der Waals surface area contributed by atoms with Gasteiger partial charge in [0.25, 0.3) is 0 Å². The van der Waals surface area contributed by atoms with Crippen LogP contribution < -0.4 is 5.32 Å². The molecule has 0 fully saturated rings. The van der Waals surface area contributed by atoms with Crippen LogP contribution in [0.2, 0.25) is 0 Å². The minimum absolute atomic E-state index is 0.301. The summed E-state index contributed by atoms with van der Waals surface area (Å²) in [7, 11) is 1.96. The smallest absolute Gasteiger partial charge is 0.0703 e. The lowest BCUT2D eigenvalue weighted by molar-refractivity contribution is 0.0141. The van der Waals surface area contributed by atoms with Gasteiger partial charge in [-0.1, -0.05) is 6.92 Å². The number of hydrogen-bond acceptors (Lipinski definition) is 3. The van der Waals surface area contributed by atoms with Crippen molar-refractivity contribution >= 4 is 0 Å². The van der Waals surface area contributed by atoms with Crippen LogP contribution >= 0.6 is 0 Å². The van der Waals surface area contributed by atoms with E-state index in [0.29, 0.717) is 25.4 Å². The Labute approximate surface area is 81.8 Å². The summed E-state index contributed by atoms with van der Waals surface area (Å²) in [5.74, 6) is 0. The van der Waals surface area contributed by atoms with E-state index in [9.17, 15) is 0 Å². The molecule has 1 atom stereocenters. The van der Waals surface area contributed by atoms with Gasteiger partial charge < -0.3 is 14.8 Å². The van der Waals surface area contributed by atoms with E-state index in [-0.39, 0.29) is 0 Å². The highest BCUT2D eigenvalue weighted by molar-refractivity contribution is 4.59. The van der Waals surface area contributed by atoms with Gasteiger partial charge in [-0.25, -0.2) is 0 Å². The van der Waals surface area contributed by atoms with Gasteiger partial charge in [0.15, 0.2) is 0 Å². The molecule has 13 heavy (non-hydrogen) atoms. The summed E-state index contributed by atoms with van der Waals surface area (Å²) in [5.41, 5.74) is 0. The Balaban J connectivity index is 3.14. The monoisotopic (exact) mass is 189 g/mol. The molecule has 80 valence electrons. The molecule has 0 heterocycles.